The van der Waals surface area contributed by atoms with Crippen molar-refractivity contribution in [3.63, 3.8) is 0 Å². The molecule has 1 aromatic heterocycles. The lowest BCUT2D eigenvalue weighted by Gasteiger charge is -2.37. The average Bonchev–Trinajstić information content (AvgIpc) is 2.32. The van der Waals surface area contributed by atoms with Crippen molar-refractivity contribution >= 4 is 5.91 Å². The summed E-state index contributed by atoms with van der Waals surface area (Å²) in [4.78, 5) is 18.4. The van der Waals surface area contributed by atoms with Crippen molar-refractivity contribution in [2.75, 3.05) is 13.1 Å². The molecule has 0 aliphatic heterocycles. The first-order valence-electron chi connectivity index (χ1n) is 6.25. The summed E-state index contributed by atoms with van der Waals surface area (Å²) in [5, 5.41) is 0. The molecule has 1 aliphatic carbocycles. The molecule has 2 rings (SSSR count). The molecular formula is C13H19N3O. The van der Waals surface area contributed by atoms with E-state index in [0.717, 1.165) is 25.8 Å². The van der Waals surface area contributed by atoms with E-state index in [4.69, 9.17) is 5.73 Å². The molecule has 1 fully saturated rings. The Hall–Kier alpha value is -1.42. The van der Waals surface area contributed by atoms with Crippen molar-refractivity contribution in [3.8, 4) is 0 Å². The molecule has 0 atom stereocenters. The van der Waals surface area contributed by atoms with Crippen LogP contribution >= 0.6 is 0 Å². The molecule has 1 saturated carbocycles. The molecule has 1 aliphatic rings. The summed E-state index contributed by atoms with van der Waals surface area (Å²) in [7, 11) is 0. The third kappa shape index (κ3) is 2.82. The zero-order chi connectivity index (χ0) is 12.1. The van der Waals surface area contributed by atoms with Gasteiger partial charge in [-0.15, -0.1) is 0 Å². The van der Waals surface area contributed by atoms with E-state index >= 15 is 0 Å². The summed E-state index contributed by atoms with van der Waals surface area (Å²) in [5.41, 5.74) is 6.06. The van der Waals surface area contributed by atoms with Crippen LogP contribution < -0.4 is 5.73 Å². The van der Waals surface area contributed by atoms with Crippen molar-refractivity contribution in [2.45, 2.75) is 31.7 Å². The maximum absolute atomic E-state index is 12.3. The highest BCUT2D eigenvalue weighted by Crippen LogP contribution is 2.26. The molecule has 1 aromatic rings. The normalized spacial score (nSPS) is 15.4. The largest absolute Gasteiger partial charge is 0.334 e. The van der Waals surface area contributed by atoms with Crippen LogP contribution in [-0.4, -0.2) is 34.9 Å². The summed E-state index contributed by atoms with van der Waals surface area (Å²) in [5.74, 6) is 0.0451. The molecule has 0 bridgehead atoms. The second-order valence-electron chi connectivity index (χ2n) is 4.44. The van der Waals surface area contributed by atoms with E-state index in [1.807, 2.05) is 17.0 Å². The lowest BCUT2D eigenvalue weighted by Crippen LogP contribution is -2.45. The first-order valence-corrected chi connectivity index (χ1v) is 6.25. The quantitative estimate of drug-likeness (QED) is 0.836. The van der Waals surface area contributed by atoms with Crippen LogP contribution in [0.15, 0.2) is 24.4 Å². The van der Waals surface area contributed by atoms with E-state index in [1.165, 1.54) is 6.42 Å². The third-order valence-corrected chi connectivity index (χ3v) is 3.26. The van der Waals surface area contributed by atoms with E-state index in [2.05, 4.69) is 4.98 Å². The van der Waals surface area contributed by atoms with Crippen molar-refractivity contribution < 1.29 is 4.79 Å². The first kappa shape index (κ1) is 12.0. The highest BCUT2D eigenvalue weighted by atomic mass is 16.2. The zero-order valence-corrected chi connectivity index (χ0v) is 10.0. The third-order valence-electron chi connectivity index (χ3n) is 3.26. The fourth-order valence-corrected chi connectivity index (χ4v) is 2.05. The maximum Gasteiger partial charge on any atom is 0.272 e. The van der Waals surface area contributed by atoms with E-state index < -0.39 is 0 Å². The highest BCUT2D eigenvalue weighted by molar-refractivity contribution is 5.92. The van der Waals surface area contributed by atoms with Gasteiger partial charge in [0.2, 0.25) is 0 Å². The fourth-order valence-electron chi connectivity index (χ4n) is 2.05. The summed E-state index contributed by atoms with van der Waals surface area (Å²) in [6.45, 7) is 1.37. The summed E-state index contributed by atoms with van der Waals surface area (Å²) in [6.07, 6.45) is 5.97. The van der Waals surface area contributed by atoms with Crippen LogP contribution in [0, 0.1) is 0 Å². The average molecular weight is 233 g/mol. The Labute approximate surface area is 102 Å². The minimum absolute atomic E-state index is 0.0451. The maximum atomic E-state index is 12.3. The molecule has 17 heavy (non-hydrogen) atoms. The van der Waals surface area contributed by atoms with Crippen molar-refractivity contribution in [3.05, 3.63) is 30.1 Å². The Morgan fingerprint density at radius 3 is 2.82 bits per heavy atom. The van der Waals surface area contributed by atoms with Gasteiger partial charge in [0.25, 0.3) is 5.91 Å². The van der Waals surface area contributed by atoms with Gasteiger partial charge in [-0.1, -0.05) is 6.07 Å². The topological polar surface area (TPSA) is 59.2 Å². The molecule has 0 unspecified atom stereocenters. The lowest BCUT2D eigenvalue weighted by atomic mass is 9.91. The van der Waals surface area contributed by atoms with Crippen molar-refractivity contribution in [1.82, 2.24) is 9.88 Å². The molecule has 0 radical (unpaired) electrons. The molecule has 4 nitrogen and oxygen atoms in total. The Balaban J connectivity index is 2.06. The van der Waals surface area contributed by atoms with Gasteiger partial charge in [-0.05, 0) is 44.4 Å². The first-order chi connectivity index (χ1) is 8.33. The number of amides is 1. The van der Waals surface area contributed by atoms with E-state index in [1.54, 1.807) is 12.3 Å². The van der Waals surface area contributed by atoms with Crippen LogP contribution in [0.2, 0.25) is 0 Å². The molecule has 1 amide bonds. The van der Waals surface area contributed by atoms with E-state index in [9.17, 15) is 4.79 Å². The van der Waals surface area contributed by atoms with Crippen LogP contribution in [0.25, 0.3) is 0 Å². The summed E-state index contributed by atoms with van der Waals surface area (Å²) < 4.78 is 0. The van der Waals surface area contributed by atoms with Gasteiger partial charge in [0, 0.05) is 18.8 Å². The molecule has 0 aromatic carbocycles. The highest BCUT2D eigenvalue weighted by Gasteiger charge is 2.29. The molecule has 4 heteroatoms. The second-order valence-corrected chi connectivity index (χ2v) is 4.44. The number of pyridine rings is 1. The van der Waals surface area contributed by atoms with Crippen LogP contribution in [-0.2, 0) is 0 Å². The lowest BCUT2D eigenvalue weighted by molar-refractivity contribution is 0.0572. The predicted molar refractivity (Wildman–Crippen MR) is 66.6 cm³/mol. The molecular weight excluding hydrogens is 214 g/mol. The smallest absolute Gasteiger partial charge is 0.272 e. The van der Waals surface area contributed by atoms with Gasteiger partial charge >= 0.3 is 0 Å². The number of hydrogen-bond donors (Lipinski definition) is 1. The minimum Gasteiger partial charge on any atom is -0.334 e. The minimum atomic E-state index is 0.0451. The van der Waals surface area contributed by atoms with Gasteiger partial charge in [-0.25, -0.2) is 0 Å². The summed E-state index contributed by atoms with van der Waals surface area (Å²) in [6, 6.07) is 5.85. The number of nitrogens with zero attached hydrogens (tertiary/aromatic N) is 2. The van der Waals surface area contributed by atoms with Gasteiger partial charge in [-0.3, -0.25) is 9.78 Å². The van der Waals surface area contributed by atoms with Gasteiger partial charge in [0.15, 0.2) is 0 Å². The Bertz CT molecular complexity index is 362. The van der Waals surface area contributed by atoms with Crippen LogP contribution in [0.3, 0.4) is 0 Å². The zero-order valence-electron chi connectivity index (χ0n) is 10.0. The SMILES string of the molecule is NCCCN(C(=O)c1ccccn1)C1CCC1. The Morgan fingerprint density at radius 2 is 2.29 bits per heavy atom. The number of nitrogens with two attached hydrogens (primary N) is 1. The number of carbonyl (C=O) groups is 1. The van der Waals surface area contributed by atoms with Crippen LogP contribution in [0.5, 0.6) is 0 Å². The Morgan fingerprint density at radius 1 is 1.47 bits per heavy atom. The molecule has 92 valence electrons. The molecule has 2 N–H and O–H groups in total. The van der Waals surface area contributed by atoms with Gasteiger partial charge in [-0.2, -0.15) is 0 Å². The van der Waals surface area contributed by atoms with Gasteiger partial charge < -0.3 is 10.6 Å². The van der Waals surface area contributed by atoms with E-state index in [-0.39, 0.29) is 5.91 Å². The number of aromatic nitrogens is 1. The van der Waals surface area contributed by atoms with Crippen molar-refractivity contribution in [1.29, 1.82) is 0 Å². The monoisotopic (exact) mass is 233 g/mol. The summed E-state index contributed by atoms with van der Waals surface area (Å²) >= 11 is 0. The number of rotatable bonds is 5. The van der Waals surface area contributed by atoms with Gasteiger partial charge in [0.05, 0.1) is 0 Å². The number of carbonyl (C=O) groups excluding carboxylic acids is 1. The second kappa shape index (κ2) is 5.77. The van der Waals surface area contributed by atoms with Gasteiger partial charge in [0.1, 0.15) is 5.69 Å². The van der Waals surface area contributed by atoms with Crippen LogP contribution in [0.4, 0.5) is 0 Å². The van der Waals surface area contributed by atoms with Crippen LogP contribution in [0.1, 0.15) is 36.2 Å². The molecule has 1 heterocycles. The fraction of sp³-hybridized carbons (Fsp3) is 0.538. The predicted octanol–water partition coefficient (Wildman–Crippen LogP) is 1.43. The van der Waals surface area contributed by atoms with Crippen molar-refractivity contribution in [2.24, 2.45) is 5.73 Å². The molecule has 0 spiro atoms. The Kier molecular flexibility index (Phi) is 4.09. The standard InChI is InChI=1S/C13H19N3O/c14-8-4-10-16(11-5-3-6-11)13(17)12-7-1-2-9-15-12/h1-2,7,9,11H,3-6,8,10,14H2. The number of hydrogen-bond acceptors (Lipinski definition) is 3. The van der Waals surface area contributed by atoms with E-state index in [0.29, 0.717) is 18.3 Å². The molecule has 0 saturated heterocycles.